The molecule has 0 aromatic carbocycles. The number of amides is 2. The third-order valence-corrected chi connectivity index (χ3v) is 3.23. The number of carbonyl (C=O) groups is 2. The van der Waals surface area contributed by atoms with Crippen LogP contribution in [-0.4, -0.2) is 45.8 Å². The number of hydrogen-bond donors (Lipinski definition) is 2. The number of nitrogens with zero attached hydrogens (tertiary/aromatic N) is 2. The van der Waals surface area contributed by atoms with Gasteiger partial charge in [0.15, 0.2) is 0 Å². The lowest BCUT2D eigenvalue weighted by molar-refractivity contribution is -0.131. The summed E-state index contributed by atoms with van der Waals surface area (Å²) in [4.78, 5) is 31.7. The summed E-state index contributed by atoms with van der Waals surface area (Å²) in [5.74, 6) is 0.0566. The zero-order chi connectivity index (χ0) is 13.0. The van der Waals surface area contributed by atoms with Crippen LogP contribution in [0.2, 0.25) is 0 Å². The Bertz CT molecular complexity index is 408. The van der Waals surface area contributed by atoms with E-state index >= 15 is 0 Å². The normalized spacial score (nSPS) is 16.6. The van der Waals surface area contributed by atoms with Gasteiger partial charge in [-0.15, -0.1) is 0 Å². The van der Waals surface area contributed by atoms with E-state index in [1.54, 1.807) is 0 Å². The lowest BCUT2D eigenvalue weighted by Gasteiger charge is -2.32. The third kappa shape index (κ3) is 2.88. The van der Waals surface area contributed by atoms with E-state index in [4.69, 9.17) is 0 Å². The van der Waals surface area contributed by atoms with E-state index in [1.807, 2.05) is 11.8 Å². The molecule has 18 heavy (non-hydrogen) atoms. The van der Waals surface area contributed by atoms with E-state index in [0.717, 1.165) is 25.9 Å². The van der Waals surface area contributed by atoms with Crippen molar-refractivity contribution in [2.45, 2.75) is 32.2 Å². The van der Waals surface area contributed by atoms with Crippen LogP contribution in [0.3, 0.4) is 0 Å². The topological polar surface area (TPSA) is 78.1 Å². The van der Waals surface area contributed by atoms with Crippen molar-refractivity contribution in [3.8, 4) is 0 Å². The number of piperidine rings is 1. The van der Waals surface area contributed by atoms with E-state index in [-0.39, 0.29) is 17.9 Å². The maximum atomic E-state index is 11.8. The fraction of sp³-hybridized carbons (Fsp3) is 0.583. The van der Waals surface area contributed by atoms with Gasteiger partial charge in [0.1, 0.15) is 5.69 Å². The second kappa shape index (κ2) is 5.66. The van der Waals surface area contributed by atoms with Gasteiger partial charge in [0.25, 0.3) is 5.91 Å². The molecule has 1 aliphatic rings. The first-order chi connectivity index (χ1) is 8.70. The van der Waals surface area contributed by atoms with Crippen molar-refractivity contribution in [3.63, 3.8) is 0 Å². The van der Waals surface area contributed by atoms with Crippen LogP contribution in [0.4, 0.5) is 0 Å². The van der Waals surface area contributed by atoms with Crippen LogP contribution in [0.25, 0.3) is 0 Å². The van der Waals surface area contributed by atoms with Gasteiger partial charge in [0.05, 0.1) is 12.5 Å². The number of likely N-dealkylation sites (tertiary alicyclic amines) is 1. The van der Waals surface area contributed by atoms with Gasteiger partial charge in [0.2, 0.25) is 5.91 Å². The largest absolute Gasteiger partial charge is 0.348 e. The Morgan fingerprint density at radius 2 is 2.22 bits per heavy atom. The second-order valence-electron chi connectivity index (χ2n) is 4.45. The number of rotatable bonds is 3. The van der Waals surface area contributed by atoms with Gasteiger partial charge < -0.3 is 15.2 Å². The van der Waals surface area contributed by atoms with Gasteiger partial charge in [0, 0.05) is 25.6 Å². The first kappa shape index (κ1) is 12.6. The molecule has 6 heteroatoms. The summed E-state index contributed by atoms with van der Waals surface area (Å²) >= 11 is 0. The Kier molecular flexibility index (Phi) is 3.96. The SMILES string of the molecule is CCC(=O)N1CCC(NC(=O)c2cnc[nH]2)CC1. The number of H-pyrrole nitrogens is 1. The monoisotopic (exact) mass is 250 g/mol. The smallest absolute Gasteiger partial charge is 0.269 e. The highest BCUT2D eigenvalue weighted by Crippen LogP contribution is 2.11. The van der Waals surface area contributed by atoms with Gasteiger partial charge in [-0.3, -0.25) is 9.59 Å². The third-order valence-electron chi connectivity index (χ3n) is 3.23. The van der Waals surface area contributed by atoms with Crippen molar-refractivity contribution in [2.24, 2.45) is 0 Å². The summed E-state index contributed by atoms with van der Waals surface area (Å²) in [6, 6.07) is 0.140. The quantitative estimate of drug-likeness (QED) is 0.822. The van der Waals surface area contributed by atoms with E-state index in [1.165, 1.54) is 12.5 Å². The molecule has 2 rings (SSSR count). The Morgan fingerprint density at radius 1 is 1.50 bits per heavy atom. The lowest BCUT2D eigenvalue weighted by Crippen LogP contribution is -2.46. The molecule has 0 aliphatic carbocycles. The van der Waals surface area contributed by atoms with Crippen molar-refractivity contribution >= 4 is 11.8 Å². The molecule has 1 saturated heterocycles. The Balaban J connectivity index is 1.80. The molecule has 1 aromatic rings. The van der Waals surface area contributed by atoms with Gasteiger partial charge in [-0.2, -0.15) is 0 Å². The van der Waals surface area contributed by atoms with Gasteiger partial charge >= 0.3 is 0 Å². The molecule has 6 nitrogen and oxygen atoms in total. The van der Waals surface area contributed by atoms with Crippen molar-refractivity contribution in [1.29, 1.82) is 0 Å². The van der Waals surface area contributed by atoms with Crippen LogP contribution < -0.4 is 5.32 Å². The van der Waals surface area contributed by atoms with Crippen LogP contribution >= 0.6 is 0 Å². The summed E-state index contributed by atoms with van der Waals surface area (Å²) in [7, 11) is 0. The number of aromatic nitrogens is 2. The molecule has 0 radical (unpaired) electrons. The molecule has 2 amide bonds. The molecule has 1 aromatic heterocycles. The average molecular weight is 250 g/mol. The average Bonchev–Trinajstić information content (AvgIpc) is 2.92. The minimum atomic E-state index is -0.132. The summed E-state index contributed by atoms with van der Waals surface area (Å²) in [6.45, 7) is 3.32. The molecule has 0 atom stereocenters. The standard InChI is InChI=1S/C12H18N4O2/c1-2-11(17)16-5-3-9(4-6-16)15-12(18)10-7-13-8-14-10/h7-9H,2-6H2,1H3,(H,13,14)(H,15,18). The molecule has 0 saturated carbocycles. The fourth-order valence-electron chi connectivity index (χ4n) is 2.14. The van der Waals surface area contributed by atoms with Gasteiger partial charge in [-0.05, 0) is 12.8 Å². The molecule has 0 bridgehead atoms. The minimum Gasteiger partial charge on any atom is -0.348 e. The molecule has 2 heterocycles. The van der Waals surface area contributed by atoms with Crippen molar-refractivity contribution in [3.05, 3.63) is 18.2 Å². The summed E-state index contributed by atoms with van der Waals surface area (Å²) in [5, 5.41) is 2.95. The predicted octanol–water partition coefficient (Wildman–Crippen LogP) is 0.540. The molecule has 1 aliphatic heterocycles. The number of imidazole rings is 1. The summed E-state index contributed by atoms with van der Waals surface area (Å²) < 4.78 is 0. The Morgan fingerprint density at radius 3 is 2.78 bits per heavy atom. The molecule has 98 valence electrons. The van der Waals surface area contributed by atoms with Crippen LogP contribution in [0, 0.1) is 0 Å². The fourth-order valence-corrected chi connectivity index (χ4v) is 2.14. The van der Waals surface area contributed by atoms with E-state index in [2.05, 4.69) is 15.3 Å². The minimum absolute atomic E-state index is 0.132. The van der Waals surface area contributed by atoms with Gasteiger partial charge in [-0.25, -0.2) is 4.98 Å². The zero-order valence-electron chi connectivity index (χ0n) is 10.5. The maximum absolute atomic E-state index is 11.8. The van der Waals surface area contributed by atoms with Gasteiger partial charge in [-0.1, -0.05) is 6.92 Å². The van der Waals surface area contributed by atoms with Crippen LogP contribution in [0.1, 0.15) is 36.7 Å². The molecular weight excluding hydrogens is 232 g/mol. The first-order valence-electron chi connectivity index (χ1n) is 6.27. The van der Waals surface area contributed by atoms with Crippen LogP contribution in [0.15, 0.2) is 12.5 Å². The van der Waals surface area contributed by atoms with Crippen molar-refractivity contribution in [2.75, 3.05) is 13.1 Å². The molecule has 0 unspecified atom stereocenters. The second-order valence-corrected chi connectivity index (χ2v) is 4.45. The number of hydrogen-bond acceptors (Lipinski definition) is 3. The van der Waals surface area contributed by atoms with E-state index in [0.29, 0.717) is 12.1 Å². The van der Waals surface area contributed by atoms with Crippen LogP contribution in [-0.2, 0) is 4.79 Å². The summed E-state index contributed by atoms with van der Waals surface area (Å²) in [6.07, 6.45) is 5.16. The maximum Gasteiger partial charge on any atom is 0.269 e. The lowest BCUT2D eigenvalue weighted by atomic mass is 10.0. The number of carbonyl (C=O) groups excluding carboxylic acids is 2. The molecule has 0 spiro atoms. The molecular formula is C12H18N4O2. The highest BCUT2D eigenvalue weighted by atomic mass is 16.2. The highest BCUT2D eigenvalue weighted by molar-refractivity contribution is 5.92. The Labute approximate surface area is 106 Å². The zero-order valence-corrected chi connectivity index (χ0v) is 10.5. The first-order valence-corrected chi connectivity index (χ1v) is 6.27. The molecule has 2 N–H and O–H groups in total. The summed E-state index contributed by atoms with van der Waals surface area (Å²) in [5.41, 5.74) is 0.474. The molecule has 1 fully saturated rings. The number of aromatic amines is 1. The van der Waals surface area contributed by atoms with Crippen LogP contribution in [0.5, 0.6) is 0 Å². The van der Waals surface area contributed by atoms with Crippen molar-refractivity contribution < 1.29 is 9.59 Å². The van der Waals surface area contributed by atoms with E-state index in [9.17, 15) is 9.59 Å². The van der Waals surface area contributed by atoms with Crippen molar-refractivity contribution in [1.82, 2.24) is 20.2 Å². The highest BCUT2D eigenvalue weighted by Gasteiger charge is 2.23. The van der Waals surface area contributed by atoms with E-state index < -0.39 is 0 Å². The Hall–Kier alpha value is -1.85. The number of nitrogens with one attached hydrogen (secondary N) is 2. The predicted molar refractivity (Wildman–Crippen MR) is 65.9 cm³/mol.